The summed E-state index contributed by atoms with van der Waals surface area (Å²) in [6.45, 7) is 8.95. The van der Waals surface area contributed by atoms with E-state index in [2.05, 4.69) is 41.3 Å². The van der Waals surface area contributed by atoms with Crippen LogP contribution >= 0.6 is 0 Å². The van der Waals surface area contributed by atoms with E-state index in [4.69, 9.17) is 0 Å². The fraction of sp³-hybridized carbons (Fsp3) is 0.400. The fourth-order valence-electron chi connectivity index (χ4n) is 2.99. The van der Waals surface area contributed by atoms with Gasteiger partial charge in [0, 0.05) is 37.1 Å². The normalized spacial score (nSPS) is 11.6. The summed E-state index contributed by atoms with van der Waals surface area (Å²) in [5, 5.41) is 11.7. The summed E-state index contributed by atoms with van der Waals surface area (Å²) >= 11 is 0. The number of aryl methyl sites for hydroxylation is 2. The molecule has 142 valence electrons. The van der Waals surface area contributed by atoms with Crippen molar-refractivity contribution in [1.82, 2.24) is 24.5 Å². The van der Waals surface area contributed by atoms with Gasteiger partial charge in [0.25, 0.3) is 5.91 Å². The molecule has 3 heterocycles. The molecule has 7 nitrogen and oxygen atoms in total. The van der Waals surface area contributed by atoms with E-state index in [1.54, 1.807) is 18.5 Å². The predicted octanol–water partition coefficient (Wildman–Crippen LogP) is 3.29. The van der Waals surface area contributed by atoms with E-state index in [-0.39, 0.29) is 11.4 Å². The molecule has 0 aliphatic rings. The number of nitrogens with zero attached hydrogens (tertiary/aromatic N) is 5. The average molecular weight is 366 g/mol. The first-order valence-corrected chi connectivity index (χ1v) is 9.20. The molecule has 0 atom stereocenters. The molecule has 3 aromatic heterocycles. The summed E-state index contributed by atoms with van der Waals surface area (Å²) in [5.74, 6) is 0.351. The van der Waals surface area contributed by atoms with Crippen molar-refractivity contribution < 1.29 is 4.79 Å². The topological polar surface area (TPSA) is 77.6 Å². The Morgan fingerprint density at radius 2 is 2.04 bits per heavy atom. The van der Waals surface area contributed by atoms with Gasteiger partial charge in [-0.1, -0.05) is 13.0 Å². The molecule has 1 amide bonds. The third-order valence-electron chi connectivity index (χ3n) is 4.29. The Balaban J connectivity index is 1.67. The third-order valence-corrected chi connectivity index (χ3v) is 4.29. The Bertz CT molecular complexity index is 904. The minimum Gasteiger partial charge on any atom is -0.305 e. The van der Waals surface area contributed by atoms with E-state index in [0.717, 1.165) is 24.2 Å². The first-order valence-electron chi connectivity index (χ1n) is 9.20. The number of nitrogens with one attached hydrogen (secondary N) is 1. The average Bonchev–Trinajstić information content (AvgIpc) is 3.27. The van der Waals surface area contributed by atoms with Crippen molar-refractivity contribution >= 4 is 11.7 Å². The van der Waals surface area contributed by atoms with Crippen molar-refractivity contribution in [2.75, 3.05) is 5.32 Å². The van der Waals surface area contributed by atoms with Crippen LogP contribution in [0.15, 0.2) is 42.9 Å². The van der Waals surface area contributed by atoms with Gasteiger partial charge in [0.05, 0.1) is 23.0 Å². The van der Waals surface area contributed by atoms with Gasteiger partial charge in [-0.2, -0.15) is 10.2 Å². The summed E-state index contributed by atoms with van der Waals surface area (Å²) < 4.78 is 3.72. The Kier molecular flexibility index (Phi) is 5.39. The third kappa shape index (κ3) is 4.42. The van der Waals surface area contributed by atoms with Crippen LogP contribution in [0.5, 0.6) is 0 Å². The maximum absolute atomic E-state index is 12.7. The van der Waals surface area contributed by atoms with Crippen LogP contribution < -0.4 is 5.32 Å². The monoisotopic (exact) mass is 366 g/mol. The number of carbonyl (C=O) groups excluding carboxylic acids is 1. The van der Waals surface area contributed by atoms with Crippen LogP contribution in [0.4, 0.5) is 5.82 Å². The van der Waals surface area contributed by atoms with Crippen molar-refractivity contribution in [3.63, 3.8) is 0 Å². The molecule has 0 aromatic carbocycles. The fourth-order valence-corrected chi connectivity index (χ4v) is 2.99. The number of pyridine rings is 1. The SMILES string of the molecule is CCc1c(C(=O)Nc2ccn(CCc3ccccn3)n2)cnn1C(C)(C)C. The van der Waals surface area contributed by atoms with Crippen LogP contribution in [-0.2, 0) is 24.9 Å². The van der Waals surface area contributed by atoms with E-state index in [0.29, 0.717) is 17.9 Å². The number of hydrogen-bond acceptors (Lipinski definition) is 4. The van der Waals surface area contributed by atoms with Gasteiger partial charge in [-0.05, 0) is 39.3 Å². The number of aromatic nitrogens is 5. The molecule has 0 radical (unpaired) electrons. The van der Waals surface area contributed by atoms with Crippen molar-refractivity contribution in [3.05, 3.63) is 59.8 Å². The maximum atomic E-state index is 12.7. The summed E-state index contributed by atoms with van der Waals surface area (Å²) in [4.78, 5) is 17.0. The minimum atomic E-state index is -0.183. The van der Waals surface area contributed by atoms with E-state index < -0.39 is 0 Å². The zero-order chi connectivity index (χ0) is 19.4. The lowest BCUT2D eigenvalue weighted by molar-refractivity contribution is 0.102. The van der Waals surface area contributed by atoms with E-state index in [1.165, 1.54) is 0 Å². The van der Waals surface area contributed by atoms with Crippen molar-refractivity contribution in [2.24, 2.45) is 0 Å². The Morgan fingerprint density at radius 3 is 2.70 bits per heavy atom. The molecule has 27 heavy (non-hydrogen) atoms. The number of hydrogen-bond donors (Lipinski definition) is 1. The molecule has 3 rings (SSSR count). The Hall–Kier alpha value is -2.96. The highest BCUT2D eigenvalue weighted by atomic mass is 16.1. The molecular formula is C20H26N6O. The van der Waals surface area contributed by atoms with Crippen LogP contribution in [0.3, 0.4) is 0 Å². The molecule has 3 aromatic rings. The van der Waals surface area contributed by atoms with Crippen LogP contribution in [0, 0.1) is 0 Å². The first-order chi connectivity index (χ1) is 12.9. The highest BCUT2D eigenvalue weighted by Gasteiger charge is 2.23. The summed E-state index contributed by atoms with van der Waals surface area (Å²) in [5.41, 5.74) is 2.36. The van der Waals surface area contributed by atoms with Crippen LogP contribution in [0.2, 0.25) is 0 Å². The van der Waals surface area contributed by atoms with Gasteiger partial charge in [0.15, 0.2) is 5.82 Å². The molecule has 0 aliphatic heterocycles. The van der Waals surface area contributed by atoms with Crippen LogP contribution in [0.1, 0.15) is 49.4 Å². The largest absolute Gasteiger partial charge is 0.305 e. The number of carbonyl (C=O) groups is 1. The van der Waals surface area contributed by atoms with Gasteiger partial charge in [0.1, 0.15) is 0 Å². The smallest absolute Gasteiger partial charge is 0.260 e. The second kappa shape index (κ2) is 7.73. The summed E-state index contributed by atoms with van der Waals surface area (Å²) in [6.07, 6.45) is 6.80. The van der Waals surface area contributed by atoms with E-state index in [9.17, 15) is 4.79 Å². The lowest BCUT2D eigenvalue weighted by Gasteiger charge is -2.22. The molecule has 7 heteroatoms. The zero-order valence-corrected chi connectivity index (χ0v) is 16.3. The second-order valence-electron chi connectivity index (χ2n) is 7.43. The Labute approximate surface area is 159 Å². The minimum absolute atomic E-state index is 0.170. The molecule has 0 fully saturated rings. The maximum Gasteiger partial charge on any atom is 0.260 e. The standard InChI is InChI=1S/C20H26N6O/c1-5-17-16(14-22-26(17)20(2,3)4)19(27)23-18-10-13-25(24-18)12-9-15-8-6-7-11-21-15/h6-8,10-11,13-14H,5,9,12H2,1-4H3,(H,23,24,27). The molecule has 1 N–H and O–H groups in total. The van der Waals surface area contributed by atoms with E-state index in [1.807, 2.05) is 40.7 Å². The highest BCUT2D eigenvalue weighted by Crippen LogP contribution is 2.20. The summed E-state index contributed by atoms with van der Waals surface area (Å²) in [7, 11) is 0. The zero-order valence-electron chi connectivity index (χ0n) is 16.3. The van der Waals surface area contributed by atoms with Crippen molar-refractivity contribution in [1.29, 1.82) is 0 Å². The van der Waals surface area contributed by atoms with Gasteiger partial charge >= 0.3 is 0 Å². The van der Waals surface area contributed by atoms with Gasteiger partial charge in [-0.3, -0.25) is 19.1 Å². The number of anilines is 1. The molecule has 0 aliphatic carbocycles. The second-order valence-corrected chi connectivity index (χ2v) is 7.43. The first kappa shape index (κ1) is 18.8. The molecule has 0 spiro atoms. The van der Waals surface area contributed by atoms with Gasteiger partial charge in [0.2, 0.25) is 0 Å². The predicted molar refractivity (Wildman–Crippen MR) is 105 cm³/mol. The highest BCUT2D eigenvalue weighted by molar-refractivity contribution is 6.04. The molecule has 0 saturated carbocycles. The van der Waals surface area contributed by atoms with E-state index >= 15 is 0 Å². The quantitative estimate of drug-likeness (QED) is 0.726. The Morgan fingerprint density at radius 1 is 1.22 bits per heavy atom. The number of rotatable bonds is 6. The molecule has 0 bridgehead atoms. The van der Waals surface area contributed by atoms with Crippen molar-refractivity contribution in [3.8, 4) is 0 Å². The number of amides is 1. The summed E-state index contributed by atoms with van der Waals surface area (Å²) in [6, 6.07) is 7.67. The van der Waals surface area contributed by atoms with Crippen molar-refractivity contribution in [2.45, 2.75) is 52.6 Å². The van der Waals surface area contributed by atoms with Crippen LogP contribution in [-0.4, -0.2) is 30.5 Å². The molecule has 0 unspecified atom stereocenters. The van der Waals surface area contributed by atoms with Gasteiger partial charge < -0.3 is 5.32 Å². The molecule has 0 saturated heterocycles. The lowest BCUT2D eigenvalue weighted by Crippen LogP contribution is -2.26. The van der Waals surface area contributed by atoms with Gasteiger partial charge in [-0.25, -0.2) is 0 Å². The molecular weight excluding hydrogens is 340 g/mol. The van der Waals surface area contributed by atoms with Crippen LogP contribution in [0.25, 0.3) is 0 Å². The van der Waals surface area contributed by atoms with Gasteiger partial charge in [-0.15, -0.1) is 0 Å². The lowest BCUT2D eigenvalue weighted by atomic mass is 10.1.